The number of amides is 1. The Hall–Kier alpha value is -1.36. The van der Waals surface area contributed by atoms with Gasteiger partial charge in [-0.1, -0.05) is 6.92 Å². The number of rotatable bonds is 8. The van der Waals surface area contributed by atoms with Gasteiger partial charge in [-0.3, -0.25) is 4.79 Å². The predicted octanol–water partition coefficient (Wildman–Crippen LogP) is 1.30. The van der Waals surface area contributed by atoms with Gasteiger partial charge in [-0.25, -0.2) is 4.98 Å². The maximum Gasteiger partial charge on any atom is 0.221 e. The molecule has 0 aromatic carbocycles. The summed E-state index contributed by atoms with van der Waals surface area (Å²) in [5, 5.41) is 6.18. The molecule has 0 radical (unpaired) electrons. The first-order valence-corrected chi connectivity index (χ1v) is 6.62. The van der Waals surface area contributed by atoms with Gasteiger partial charge < -0.3 is 15.2 Å². The van der Waals surface area contributed by atoms with Crippen molar-refractivity contribution in [2.45, 2.75) is 52.7 Å². The number of aryl methyl sites for hydroxylation is 1. The van der Waals surface area contributed by atoms with E-state index in [4.69, 9.17) is 0 Å². The van der Waals surface area contributed by atoms with E-state index in [9.17, 15) is 4.79 Å². The van der Waals surface area contributed by atoms with Crippen LogP contribution in [-0.2, 0) is 17.9 Å². The van der Waals surface area contributed by atoms with Crippen LogP contribution in [0.2, 0.25) is 0 Å². The zero-order chi connectivity index (χ0) is 13.4. The second-order valence-corrected chi connectivity index (χ2v) is 4.75. The highest BCUT2D eigenvalue weighted by Crippen LogP contribution is 1.98. The van der Waals surface area contributed by atoms with E-state index in [0.717, 1.165) is 25.2 Å². The van der Waals surface area contributed by atoms with Crippen LogP contribution in [0.25, 0.3) is 0 Å². The fraction of sp³-hybridized carbons (Fsp3) is 0.692. The number of hydrogen-bond donors (Lipinski definition) is 2. The fourth-order valence-electron chi connectivity index (χ4n) is 1.64. The molecule has 102 valence electrons. The number of carbonyl (C=O) groups is 1. The summed E-state index contributed by atoms with van der Waals surface area (Å²) in [5.74, 6) is 0.0874. The summed E-state index contributed by atoms with van der Waals surface area (Å²) in [6.45, 7) is 8.54. The minimum Gasteiger partial charge on any atom is -0.354 e. The lowest BCUT2D eigenvalue weighted by Gasteiger charge is -2.08. The van der Waals surface area contributed by atoms with Crippen LogP contribution in [0.5, 0.6) is 0 Å². The van der Waals surface area contributed by atoms with Gasteiger partial charge in [0.25, 0.3) is 0 Å². The smallest absolute Gasteiger partial charge is 0.221 e. The molecule has 0 saturated carbocycles. The predicted molar refractivity (Wildman–Crippen MR) is 72.1 cm³/mol. The third kappa shape index (κ3) is 5.82. The molecule has 0 unspecified atom stereocenters. The molecule has 1 aromatic heterocycles. The molecule has 0 aliphatic rings. The van der Waals surface area contributed by atoms with E-state index in [1.807, 2.05) is 24.6 Å². The highest BCUT2D eigenvalue weighted by atomic mass is 16.1. The van der Waals surface area contributed by atoms with Crippen LogP contribution in [0.4, 0.5) is 0 Å². The molecule has 1 rings (SSSR count). The van der Waals surface area contributed by atoms with Crippen LogP contribution in [0.3, 0.4) is 0 Å². The van der Waals surface area contributed by atoms with Gasteiger partial charge in [0.15, 0.2) is 0 Å². The molecule has 1 aromatic rings. The van der Waals surface area contributed by atoms with Crippen LogP contribution in [0.1, 0.15) is 39.3 Å². The summed E-state index contributed by atoms with van der Waals surface area (Å²) in [4.78, 5) is 15.8. The molecule has 1 amide bonds. The van der Waals surface area contributed by atoms with Gasteiger partial charge in [0.05, 0.1) is 12.0 Å². The van der Waals surface area contributed by atoms with E-state index in [0.29, 0.717) is 13.0 Å². The third-order valence-electron chi connectivity index (χ3n) is 2.47. The minimum atomic E-state index is 0.0874. The number of nitrogens with one attached hydrogen (secondary N) is 2. The van der Waals surface area contributed by atoms with Gasteiger partial charge in [-0.15, -0.1) is 0 Å². The van der Waals surface area contributed by atoms with Gasteiger partial charge in [-0.2, -0.15) is 0 Å². The van der Waals surface area contributed by atoms with E-state index in [1.54, 1.807) is 6.33 Å². The Morgan fingerprint density at radius 1 is 1.50 bits per heavy atom. The first-order chi connectivity index (χ1) is 8.61. The Morgan fingerprint density at radius 3 is 2.94 bits per heavy atom. The second kappa shape index (κ2) is 7.87. The Kier molecular flexibility index (Phi) is 6.43. The van der Waals surface area contributed by atoms with Crippen molar-refractivity contribution >= 4 is 5.91 Å². The number of imidazole rings is 1. The molecule has 2 N–H and O–H groups in total. The van der Waals surface area contributed by atoms with Crippen LogP contribution in [0.15, 0.2) is 12.5 Å². The average molecular weight is 252 g/mol. The Labute approximate surface area is 109 Å². The fourth-order valence-corrected chi connectivity index (χ4v) is 1.64. The maximum atomic E-state index is 11.5. The lowest BCUT2D eigenvalue weighted by molar-refractivity contribution is -0.121. The van der Waals surface area contributed by atoms with Crippen molar-refractivity contribution in [1.29, 1.82) is 0 Å². The summed E-state index contributed by atoms with van der Waals surface area (Å²) < 4.78 is 1.96. The molecule has 1 heterocycles. The van der Waals surface area contributed by atoms with E-state index in [2.05, 4.69) is 22.5 Å². The quantitative estimate of drug-likeness (QED) is 0.686. The van der Waals surface area contributed by atoms with Gasteiger partial charge in [0.1, 0.15) is 0 Å². The molecule has 18 heavy (non-hydrogen) atoms. The van der Waals surface area contributed by atoms with Gasteiger partial charge in [-0.05, 0) is 26.8 Å². The van der Waals surface area contributed by atoms with Gasteiger partial charge in [0.2, 0.25) is 5.91 Å². The number of nitrogens with zero attached hydrogens (tertiary/aromatic N) is 2. The van der Waals surface area contributed by atoms with Gasteiger partial charge >= 0.3 is 0 Å². The van der Waals surface area contributed by atoms with E-state index >= 15 is 0 Å². The van der Waals surface area contributed by atoms with E-state index < -0.39 is 0 Å². The Bertz CT molecular complexity index is 360. The van der Waals surface area contributed by atoms with Crippen LogP contribution in [0, 0.1) is 0 Å². The normalized spacial score (nSPS) is 10.9. The SMILES string of the molecule is CCCNCc1cn(CCC(=O)NC(C)C)cn1. The summed E-state index contributed by atoms with van der Waals surface area (Å²) in [6.07, 6.45) is 5.39. The van der Waals surface area contributed by atoms with E-state index in [1.165, 1.54) is 0 Å². The van der Waals surface area contributed by atoms with Crippen molar-refractivity contribution < 1.29 is 4.79 Å². The number of hydrogen-bond acceptors (Lipinski definition) is 3. The lowest BCUT2D eigenvalue weighted by atomic mass is 10.3. The third-order valence-corrected chi connectivity index (χ3v) is 2.47. The van der Waals surface area contributed by atoms with Crippen LogP contribution < -0.4 is 10.6 Å². The Morgan fingerprint density at radius 2 is 2.28 bits per heavy atom. The summed E-state index contributed by atoms with van der Waals surface area (Å²) in [7, 11) is 0. The van der Waals surface area contributed by atoms with Crippen LogP contribution >= 0.6 is 0 Å². The summed E-state index contributed by atoms with van der Waals surface area (Å²) in [5.41, 5.74) is 1.02. The topological polar surface area (TPSA) is 59.0 Å². The highest BCUT2D eigenvalue weighted by Gasteiger charge is 2.04. The van der Waals surface area contributed by atoms with Crippen LogP contribution in [-0.4, -0.2) is 28.0 Å². The largest absolute Gasteiger partial charge is 0.354 e. The number of carbonyl (C=O) groups excluding carboxylic acids is 1. The maximum absolute atomic E-state index is 11.5. The highest BCUT2D eigenvalue weighted by molar-refractivity contribution is 5.76. The molecule has 0 fully saturated rings. The van der Waals surface area contributed by atoms with Crippen molar-refractivity contribution in [2.24, 2.45) is 0 Å². The summed E-state index contributed by atoms with van der Waals surface area (Å²) in [6, 6.07) is 0.203. The molecule has 0 saturated heterocycles. The minimum absolute atomic E-state index is 0.0874. The van der Waals surface area contributed by atoms with Crippen molar-refractivity contribution in [2.75, 3.05) is 6.54 Å². The molecule has 0 spiro atoms. The molecular weight excluding hydrogens is 228 g/mol. The van der Waals surface area contributed by atoms with Crippen molar-refractivity contribution in [1.82, 2.24) is 20.2 Å². The van der Waals surface area contributed by atoms with E-state index in [-0.39, 0.29) is 11.9 Å². The molecular formula is C13H24N4O. The molecule has 0 aliphatic heterocycles. The first-order valence-electron chi connectivity index (χ1n) is 6.62. The Balaban J connectivity index is 2.28. The average Bonchev–Trinajstić information content (AvgIpc) is 2.74. The van der Waals surface area contributed by atoms with Crippen molar-refractivity contribution in [3.8, 4) is 0 Å². The standard InChI is InChI=1S/C13H24N4O/c1-4-6-14-8-12-9-17(10-15-12)7-5-13(18)16-11(2)3/h9-11,14H,4-8H2,1-3H3,(H,16,18). The molecule has 0 atom stereocenters. The summed E-state index contributed by atoms with van der Waals surface area (Å²) >= 11 is 0. The zero-order valence-corrected chi connectivity index (χ0v) is 11.6. The zero-order valence-electron chi connectivity index (χ0n) is 11.6. The first kappa shape index (κ1) is 14.7. The second-order valence-electron chi connectivity index (χ2n) is 4.75. The molecule has 0 bridgehead atoms. The lowest BCUT2D eigenvalue weighted by Crippen LogP contribution is -2.30. The molecule has 5 heteroatoms. The van der Waals surface area contributed by atoms with Gasteiger partial charge in [0, 0.05) is 31.7 Å². The monoisotopic (exact) mass is 252 g/mol. The molecule has 5 nitrogen and oxygen atoms in total. The van der Waals surface area contributed by atoms with Crippen molar-refractivity contribution in [3.63, 3.8) is 0 Å². The molecule has 0 aliphatic carbocycles. The van der Waals surface area contributed by atoms with Crippen molar-refractivity contribution in [3.05, 3.63) is 18.2 Å². The number of aromatic nitrogens is 2.